The number of nitrogens with one attached hydrogen (secondary N) is 1. The average molecular weight is 340 g/mol. The van der Waals surface area contributed by atoms with Crippen molar-refractivity contribution in [3.05, 3.63) is 34.9 Å². The van der Waals surface area contributed by atoms with E-state index in [0.29, 0.717) is 6.54 Å². The summed E-state index contributed by atoms with van der Waals surface area (Å²) in [6.07, 6.45) is 4.26. The summed E-state index contributed by atoms with van der Waals surface area (Å²) in [7, 11) is 0. The summed E-state index contributed by atoms with van der Waals surface area (Å²) in [5.41, 5.74) is 0.675. The molecule has 3 heterocycles. The minimum atomic E-state index is -0.0439. The Morgan fingerprint density at radius 1 is 1.26 bits per heavy atom. The second-order valence-corrected chi connectivity index (χ2v) is 6.03. The Labute approximate surface area is 142 Å². The first kappa shape index (κ1) is 18.0. The first-order chi connectivity index (χ1) is 10.8. The highest BCUT2D eigenvalue weighted by Crippen LogP contribution is 2.16. The summed E-state index contributed by atoms with van der Waals surface area (Å²) in [5.74, 6) is 0.800. The van der Waals surface area contributed by atoms with Crippen LogP contribution in [-0.4, -0.2) is 51.8 Å². The van der Waals surface area contributed by atoms with E-state index in [1.807, 2.05) is 18.2 Å². The van der Waals surface area contributed by atoms with Gasteiger partial charge in [0.25, 0.3) is 0 Å². The zero-order valence-corrected chi connectivity index (χ0v) is 14.5. The van der Waals surface area contributed by atoms with Crippen molar-refractivity contribution in [3.63, 3.8) is 0 Å². The van der Waals surface area contributed by atoms with Gasteiger partial charge in [-0.3, -0.25) is 4.40 Å². The molecule has 0 aromatic carbocycles. The van der Waals surface area contributed by atoms with Crippen molar-refractivity contribution in [1.82, 2.24) is 24.4 Å². The number of likely N-dealkylation sites (tertiary alicyclic amines) is 1. The number of nitrogens with zero attached hydrogens (tertiary/aromatic N) is 4. The molecule has 0 radical (unpaired) electrons. The van der Waals surface area contributed by atoms with E-state index in [1.165, 1.54) is 12.8 Å². The number of fused-ring (bicyclic) bond motifs is 1. The van der Waals surface area contributed by atoms with Gasteiger partial charge in [-0.1, -0.05) is 13.0 Å². The number of rotatable bonds is 6. The molecule has 7 heteroatoms. The van der Waals surface area contributed by atoms with Gasteiger partial charge in [0.15, 0.2) is 5.65 Å². The van der Waals surface area contributed by atoms with E-state index in [-0.39, 0.29) is 18.1 Å². The van der Waals surface area contributed by atoms with Crippen LogP contribution in [-0.2, 0) is 6.54 Å². The number of piperidine rings is 1. The molecule has 1 aliphatic rings. The molecule has 0 aliphatic carbocycles. The van der Waals surface area contributed by atoms with Crippen LogP contribution >= 0.6 is 12.4 Å². The highest BCUT2D eigenvalue weighted by molar-refractivity contribution is 5.85. The largest absolute Gasteiger partial charge is 0.350 e. The molecule has 0 bridgehead atoms. The van der Waals surface area contributed by atoms with Crippen LogP contribution in [0, 0.1) is 5.92 Å². The topological polar surface area (TPSA) is 54.6 Å². The highest BCUT2D eigenvalue weighted by Gasteiger charge is 2.18. The van der Waals surface area contributed by atoms with Crippen molar-refractivity contribution < 1.29 is 0 Å². The number of aromatic nitrogens is 3. The molecule has 3 rings (SSSR count). The molecular formula is C16H26ClN5O. The normalized spacial score (nSPS) is 16.6. The molecule has 1 saturated heterocycles. The molecule has 1 N–H and O–H groups in total. The van der Waals surface area contributed by atoms with Crippen LogP contribution in [0.4, 0.5) is 0 Å². The lowest BCUT2D eigenvalue weighted by molar-refractivity contribution is 0.175. The van der Waals surface area contributed by atoms with Gasteiger partial charge in [0.2, 0.25) is 0 Å². The van der Waals surface area contributed by atoms with Gasteiger partial charge in [-0.2, -0.15) is 0 Å². The monoisotopic (exact) mass is 339 g/mol. The maximum atomic E-state index is 12.2. The highest BCUT2D eigenvalue weighted by atomic mass is 35.5. The Bertz CT molecular complexity index is 660. The fourth-order valence-electron chi connectivity index (χ4n) is 3.11. The van der Waals surface area contributed by atoms with Gasteiger partial charge in [-0.15, -0.1) is 17.5 Å². The van der Waals surface area contributed by atoms with Gasteiger partial charge >= 0.3 is 5.69 Å². The predicted molar refractivity (Wildman–Crippen MR) is 94.4 cm³/mol. The van der Waals surface area contributed by atoms with Crippen LogP contribution in [0.5, 0.6) is 0 Å². The number of hydrogen-bond donors (Lipinski definition) is 1. The Morgan fingerprint density at radius 3 is 2.74 bits per heavy atom. The quantitative estimate of drug-likeness (QED) is 0.860. The molecule has 2 aromatic heterocycles. The lowest BCUT2D eigenvalue weighted by atomic mass is 9.97. The van der Waals surface area contributed by atoms with Crippen molar-refractivity contribution in [2.75, 3.05) is 32.7 Å². The minimum Gasteiger partial charge on any atom is -0.317 e. The van der Waals surface area contributed by atoms with Crippen molar-refractivity contribution in [2.24, 2.45) is 5.92 Å². The molecule has 0 saturated carbocycles. The number of halogens is 1. The van der Waals surface area contributed by atoms with Gasteiger partial charge in [0, 0.05) is 12.7 Å². The first-order valence-corrected chi connectivity index (χ1v) is 8.25. The second-order valence-electron chi connectivity index (χ2n) is 6.03. The predicted octanol–water partition coefficient (Wildman–Crippen LogP) is 1.24. The van der Waals surface area contributed by atoms with Crippen molar-refractivity contribution in [1.29, 1.82) is 0 Å². The molecule has 128 valence electrons. The first-order valence-electron chi connectivity index (χ1n) is 8.25. The fourth-order valence-corrected chi connectivity index (χ4v) is 3.11. The Kier molecular flexibility index (Phi) is 6.62. The van der Waals surface area contributed by atoms with Crippen LogP contribution in [0.15, 0.2) is 29.2 Å². The SMILES string of the molecule is CCNCC1CCN(CCn2nc3ccccn3c2=O)CC1.Cl. The number of hydrogen-bond acceptors (Lipinski definition) is 4. The summed E-state index contributed by atoms with van der Waals surface area (Å²) < 4.78 is 3.18. The molecule has 0 unspecified atom stereocenters. The second kappa shape index (κ2) is 8.47. The van der Waals surface area contributed by atoms with E-state index < -0.39 is 0 Å². The van der Waals surface area contributed by atoms with Crippen LogP contribution in [0.25, 0.3) is 5.65 Å². The molecule has 2 aromatic rings. The minimum absolute atomic E-state index is 0. The summed E-state index contributed by atoms with van der Waals surface area (Å²) in [6.45, 7) is 8.15. The third-order valence-electron chi connectivity index (χ3n) is 4.51. The number of pyridine rings is 1. The molecular weight excluding hydrogens is 314 g/mol. The molecule has 0 amide bonds. The van der Waals surface area contributed by atoms with Crippen LogP contribution in [0.2, 0.25) is 0 Å². The smallest absolute Gasteiger partial charge is 0.317 e. The van der Waals surface area contributed by atoms with Crippen LogP contribution in [0.1, 0.15) is 19.8 Å². The zero-order valence-electron chi connectivity index (χ0n) is 13.6. The molecule has 1 aliphatic heterocycles. The van der Waals surface area contributed by atoms with E-state index in [2.05, 4.69) is 22.2 Å². The Morgan fingerprint density at radius 2 is 2.04 bits per heavy atom. The zero-order chi connectivity index (χ0) is 15.4. The van der Waals surface area contributed by atoms with Gasteiger partial charge in [0.1, 0.15) is 0 Å². The molecule has 0 spiro atoms. The molecule has 6 nitrogen and oxygen atoms in total. The van der Waals surface area contributed by atoms with Gasteiger partial charge in [0.05, 0.1) is 6.54 Å². The third kappa shape index (κ3) is 4.34. The standard InChI is InChI=1S/C16H25N5O.ClH/c1-2-17-13-14-6-9-19(10-7-14)11-12-21-16(22)20-8-4-3-5-15(20)18-21;/h3-5,8,14,17H,2,6-7,9-13H2,1H3;1H. The van der Waals surface area contributed by atoms with Gasteiger partial charge < -0.3 is 10.2 Å². The van der Waals surface area contributed by atoms with E-state index >= 15 is 0 Å². The average Bonchev–Trinajstić information content (AvgIpc) is 2.88. The van der Waals surface area contributed by atoms with E-state index in [0.717, 1.165) is 44.3 Å². The maximum absolute atomic E-state index is 12.2. The lowest BCUT2D eigenvalue weighted by Gasteiger charge is -2.31. The van der Waals surface area contributed by atoms with Crippen molar-refractivity contribution in [2.45, 2.75) is 26.3 Å². The van der Waals surface area contributed by atoms with Crippen LogP contribution < -0.4 is 11.0 Å². The molecule has 23 heavy (non-hydrogen) atoms. The molecule has 0 atom stereocenters. The lowest BCUT2D eigenvalue weighted by Crippen LogP contribution is -2.39. The third-order valence-corrected chi connectivity index (χ3v) is 4.51. The molecule has 1 fully saturated rings. The Hall–Kier alpha value is -1.37. The van der Waals surface area contributed by atoms with Crippen molar-refractivity contribution in [3.8, 4) is 0 Å². The van der Waals surface area contributed by atoms with Crippen LogP contribution in [0.3, 0.4) is 0 Å². The summed E-state index contributed by atoms with van der Waals surface area (Å²) >= 11 is 0. The summed E-state index contributed by atoms with van der Waals surface area (Å²) in [6, 6.07) is 5.63. The van der Waals surface area contributed by atoms with E-state index in [1.54, 1.807) is 15.3 Å². The Balaban J connectivity index is 0.00000192. The summed E-state index contributed by atoms with van der Waals surface area (Å²) in [5, 5.41) is 7.82. The van der Waals surface area contributed by atoms with Gasteiger partial charge in [-0.25, -0.2) is 9.48 Å². The van der Waals surface area contributed by atoms with E-state index in [4.69, 9.17) is 0 Å². The maximum Gasteiger partial charge on any atom is 0.350 e. The van der Waals surface area contributed by atoms with E-state index in [9.17, 15) is 4.79 Å². The summed E-state index contributed by atoms with van der Waals surface area (Å²) in [4.78, 5) is 14.7. The van der Waals surface area contributed by atoms with Crippen molar-refractivity contribution >= 4 is 18.1 Å². The van der Waals surface area contributed by atoms with Gasteiger partial charge in [-0.05, 0) is 57.1 Å². The fraction of sp³-hybridized carbons (Fsp3) is 0.625.